The van der Waals surface area contributed by atoms with Crippen molar-refractivity contribution < 1.29 is 18.0 Å². The maximum absolute atomic E-state index is 13.5. The number of hydrogen-bond donors (Lipinski definition) is 2. The molecule has 2 heterocycles. The molecule has 8 nitrogen and oxygen atoms in total. The molecule has 1 saturated heterocycles. The minimum atomic E-state index is -3.68. The van der Waals surface area contributed by atoms with Gasteiger partial charge in [0.25, 0.3) is 0 Å². The van der Waals surface area contributed by atoms with Gasteiger partial charge in [0.2, 0.25) is 21.8 Å². The number of allylic oxidation sites excluding steroid dienone is 1. The Hall–Kier alpha value is -3.30. The van der Waals surface area contributed by atoms with Crippen LogP contribution >= 0.6 is 0 Å². The molecule has 0 bridgehead atoms. The first kappa shape index (κ1) is 26.3. The van der Waals surface area contributed by atoms with Crippen molar-refractivity contribution in [2.45, 2.75) is 56.5 Å². The molecule has 0 unspecified atom stereocenters. The number of carbonyl (C=O) groups excluding carboxylic acids is 2. The van der Waals surface area contributed by atoms with Crippen molar-refractivity contribution >= 4 is 33.1 Å². The molecule has 2 aromatic rings. The first-order chi connectivity index (χ1) is 18.2. The fraction of sp³-hybridized carbons (Fsp3) is 0.414. The molecule has 1 aliphatic carbocycles. The Kier molecular flexibility index (Phi) is 7.49. The van der Waals surface area contributed by atoms with Crippen LogP contribution < -0.4 is 10.0 Å². The summed E-state index contributed by atoms with van der Waals surface area (Å²) in [5.41, 5.74) is 5.21. The van der Waals surface area contributed by atoms with Crippen molar-refractivity contribution in [1.82, 2.24) is 14.9 Å². The predicted octanol–water partition coefficient (Wildman–Crippen LogP) is 3.47. The van der Waals surface area contributed by atoms with Crippen LogP contribution in [0.4, 0.5) is 0 Å². The summed E-state index contributed by atoms with van der Waals surface area (Å²) in [4.78, 5) is 32.0. The van der Waals surface area contributed by atoms with Gasteiger partial charge < -0.3 is 10.2 Å². The van der Waals surface area contributed by atoms with Gasteiger partial charge >= 0.3 is 0 Å². The van der Waals surface area contributed by atoms with Crippen LogP contribution in [0.1, 0.15) is 56.7 Å². The number of rotatable bonds is 6. The average molecular weight is 535 g/mol. The van der Waals surface area contributed by atoms with Gasteiger partial charge in [-0.3, -0.25) is 14.6 Å². The smallest absolute Gasteiger partial charge is 0.240 e. The fourth-order valence-electron chi connectivity index (χ4n) is 5.79. The third-order valence-electron chi connectivity index (χ3n) is 7.84. The van der Waals surface area contributed by atoms with Crippen molar-refractivity contribution in [2.75, 3.05) is 19.6 Å². The number of sulfonamides is 1. The summed E-state index contributed by atoms with van der Waals surface area (Å²) in [5, 5.41) is 2.87. The Labute approximate surface area is 224 Å². The molecule has 2 aromatic carbocycles. The Bertz CT molecular complexity index is 1380. The van der Waals surface area contributed by atoms with Crippen molar-refractivity contribution in [1.29, 1.82) is 0 Å². The van der Waals surface area contributed by atoms with Gasteiger partial charge in [-0.2, -0.15) is 0 Å². The van der Waals surface area contributed by atoms with Crippen LogP contribution in [-0.4, -0.2) is 56.5 Å². The molecule has 3 aliphatic rings. The highest BCUT2D eigenvalue weighted by Crippen LogP contribution is 2.32. The van der Waals surface area contributed by atoms with Crippen LogP contribution in [0.5, 0.6) is 0 Å². The summed E-state index contributed by atoms with van der Waals surface area (Å²) in [5.74, 6) is -0.402. The molecular formula is C29H34N4O4S. The lowest BCUT2D eigenvalue weighted by Crippen LogP contribution is -2.54. The molecular weight excluding hydrogens is 500 g/mol. The molecule has 2 aliphatic heterocycles. The van der Waals surface area contributed by atoms with Crippen LogP contribution in [-0.2, 0) is 19.6 Å². The van der Waals surface area contributed by atoms with E-state index in [0.29, 0.717) is 38.8 Å². The number of hydrogen-bond acceptors (Lipinski definition) is 5. The molecule has 38 heavy (non-hydrogen) atoms. The van der Waals surface area contributed by atoms with Crippen LogP contribution in [0, 0.1) is 5.92 Å². The number of aliphatic imine (C=N–C) groups is 1. The molecule has 2 fully saturated rings. The van der Waals surface area contributed by atoms with Gasteiger partial charge in [0.1, 0.15) is 6.54 Å². The van der Waals surface area contributed by atoms with E-state index in [2.05, 4.69) is 15.0 Å². The molecule has 5 rings (SSSR count). The van der Waals surface area contributed by atoms with Crippen molar-refractivity contribution in [3.8, 4) is 0 Å². The van der Waals surface area contributed by atoms with Crippen LogP contribution in [0.3, 0.4) is 0 Å². The van der Waals surface area contributed by atoms with Gasteiger partial charge in [-0.15, -0.1) is 0 Å². The number of nitrogens with zero attached hydrogens (tertiary/aromatic N) is 2. The van der Waals surface area contributed by atoms with Crippen LogP contribution in [0.15, 0.2) is 70.1 Å². The van der Waals surface area contributed by atoms with E-state index in [-0.39, 0.29) is 41.3 Å². The topological polar surface area (TPSA) is 108 Å². The lowest BCUT2D eigenvalue weighted by atomic mass is 9.85. The molecule has 2 amide bonds. The van der Waals surface area contributed by atoms with Crippen molar-refractivity contribution in [3.05, 3.63) is 71.3 Å². The maximum Gasteiger partial charge on any atom is 0.240 e. The van der Waals surface area contributed by atoms with Gasteiger partial charge in [-0.05, 0) is 68.4 Å². The molecule has 0 radical (unpaired) electrons. The standard InChI is InChI=1S/C29H34N4O4S/c1-19-16-30-20(2)28(19)22-10-14-25(15-11-22)38(36,37)32-24-12-8-23(9-13-24)29(35)33-18-27(34)31-17-26(33)21-6-4-3-5-7-21/h3-7,10-11,14-15,23-24,26,32H,8-9,12-13,16-18H2,1-2H3,(H,31,34)/t23?,24?,26-/m1/s1. The lowest BCUT2D eigenvalue weighted by molar-refractivity contribution is -0.145. The van der Waals surface area contributed by atoms with E-state index >= 15 is 0 Å². The van der Waals surface area contributed by atoms with Crippen molar-refractivity contribution in [3.63, 3.8) is 0 Å². The number of amides is 2. The minimum Gasteiger partial charge on any atom is -0.352 e. The largest absolute Gasteiger partial charge is 0.352 e. The zero-order valence-electron chi connectivity index (χ0n) is 21.8. The predicted molar refractivity (Wildman–Crippen MR) is 147 cm³/mol. The van der Waals surface area contributed by atoms with Gasteiger partial charge in [0.15, 0.2) is 0 Å². The SMILES string of the molecule is CC1=NCC(C)=C1c1ccc(S(=O)(=O)NC2CCC(C(=O)N3CC(=O)NC[C@@H]3c3ccccc3)CC2)cc1. The summed E-state index contributed by atoms with van der Waals surface area (Å²) < 4.78 is 29.0. The molecule has 1 atom stereocenters. The second-order valence-corrected chi connectivity index (χ2v) is 12.2. The van der Waals surface area contributed by atoms with Crippen LogP contribution in [0.25, 0.3) is 5.57 Å². The molecule has 0 spiro atoms. The zero-order chi connectivity index (χ0) is 26.9. The highest BCUT2D eigenvalue weighted by Gasteiger charge is 2.37. The molecule has 9 heteroatoms. The van der Waals surface area contributed by atoms with Gasteiger partial charge in [0, 0.05) is 29.8 Å². The van der Waals surface area contributed by atoms with E-state index in [9.17, 15) is 18.0 Å². The van der Waals surface area contributed by atoms with Gasteiger partial charge in [-0.1, -0.05) is 42.5 Å². The average Bonchev–Trinajstić information content (AvgIpc) is 3.26. The quantitative estimate of drug-likeness (QED) is 0.592. The fourth-order valence-corrected chi connectivity index (χ4v) is 7.09. The van der Waals surface area contributed by atoms with E-state index in [4.69, 9.17) is 0 Å². The third kappa shape index (κ3) is 5.44. The maximum atomic E-state index is 13.5. The first-order valence-electron chi connectivity index (χ1n) is 13.2. The summed E-state index contributed by atoms with van der Waals surface area (Å²) in [7, 11) is -3.68. The first-order valence-corrected chi connectivity index (χ1v) is 14.7. The summed E-state index contributed by atoms with van der Waals surface area (Å²) in [6, 6.07) is 16.3. The van der Waals surface area contributed by atoms with E-state index in [1.165, 1.54) is 5.57 Å². The second-order valence-electron chi connectivity index (χ2n) is 10.4. The summed E-state index contributed by atoms with van der Waals surface area (Å²) in [6.07, 6.45) is 2.31. The molecule has 2 N–H and O–H groups in total. The van der Waals surface area contributed by atoms with Crippen molar-refractivity contribution in [2.24, 2.45) is 10.9 Å². The Balaban J connectivity index is 1.20. The van der Waals surface area contributed by atoms with E-state index in [0.717, 1.165) is 22.4 Å². The van der Waals surface area contributed by atoms with E-state index in [1.54, 1.807) is 17.0 Å². The lowest BCUT2D eigenvalue weighted by Gasteiger charge is -2.39. The Morgan fingerprint density at radius 3 is 2.32 bits per heavy atom. The molecule has 200 valence electrons. The monoisotopic (exact) mass is 534 g/mol. The number of benzene rings is 2. The highest BCUT2D eigenvalue weighted by atomic mass is 32.2. The molecule has 1 saturated carbocycles. The van der Waals surface area contributed by atoms with Gasteiger partial charge in [0.05, 0.1) is 17.5 Å². The Morgan fingerprint density at radius 2 is 1.68 bits per heavy atom. The highest BCUT2D eigenvalue weighted by molar-refractivity contribution is 7.89. The third-order valence-corrected chi connectivity index (χ3v) is 9.38. The second kappa shape index (κ2) is 10.8. The number of piperazine rings is 1. The van der Waals surface area contributed by atoms with Gasteiger partial charge in [-0.25, -0.2) is 13.1 Å². The number of nitrogens with one attached hydrogen (secondary N) is 2. The zero-order valence-corrected chi connectivity index (χ0v) is 22.6. The minimum absolute atomic E-state index is 0.0269. The van der Waals surface area contributed by atoms with E-state index in [1.807, 2.05) is 56.3 Å². The molecule has 0 aromatic heterocycles. The number of carbonyl (C=O) groups is 2. The summed E-state index contributed by atoms with van der Waals surface area (Å²) >= 11 is 0. The Morgan fingerprint density at radius 1 is 1.00 bits per heavy atom. The van der Waals surface area contributed by atoms with Crippen LogP contribution in [0.2, 0.25) is 0 Å². The normalized spacial score (nSPS) is 24.3. The summed E-state index contributed by atoms with van der Waals surface area (Å²) in [6.45, 7) is 5.14. The van der Waals surface area contributed by atoms with E-state index < -0.39 is 10.0 Å².